The van der Waals surface area contributed by atoms with Gasteiger partial charge in [-0.3, -0.25) is 9.59 Å². The van der Waals surface area contributed by atoms with E-state index in [0.717, 1.165) is 0 Å². The standard InChI is InChI=1S/C10H8O3/c1-6(11)7-2-3-10-8(4-7)9(12)5-13-10/h2-4H,5H2,1H3. The number of hydrogen-bond donors (Lipinski definition) is 0. The highest BCUT2D eigenvalue weighted by molar-refractivity contribution is 6.05. The van der Waals surface area contributed by atoms with Gasteiger partial charge in [-0.25, -0.2) is 0 Å². The summed E-state index contributed by atoms with van der Waals surface area (Å²) in [6.45, 7) is 1.57. The molecule has 0 saturated carbocycles. The molecule has 0 radical (unpaired) electrons. The number of carbonyl (C=O) groups excluding carboxylic acids is 2. The van der Waals surface area contributed by atoms with Crippen molar-refractivity contribution in [2.45, 2.75) is 6.92 Å². The first-order chi connectivity index (χ1) is 6.18. The molecule has 0 aliphatic carbocycles. The van der Waals surface area contributed by atoms with E-state index in [9.17, 15) is 9.59 Å². The van der Waals surface area contributed by atoms with Gasteiger partial charge in [0.1, 0.15) is 5.75 Å². The summed E-state index contributed by atoms with van der Waals surface area (Å²) in [4.78, 5) is 22.2. The van der Waals surface area contributed by atoms with E-state index in [1.807, 2.05) is 0 Å². The van der Waals surface area contributed by atoms with Crippen LogP contribution in [0.1, 0.15) is 27.6 Å². The molecule has 0 N–H and O–H groups in total. The molecule has 0 fully saturated rings. The number of ether oxygens (including phenoxy) is 1. The number of rotatable bonds is 1. The van der Waals surface area contributed by atoms with Crippen LogP contribution in [0.2, 0.25) is 0 Å². The van der Waals surface area contributed by atoms with E-state index in [4.69, 9.17) is 4.74 Å². The zero-order valence-corrected chi connectivity index (χ0v) is 7.16. The Morgan fingerprint density at radius 1 is 1.46 bits per heavy atom. The van der Waals surface area contributed by atoms with Crippen LogP contribution in [0.5, 0.6) is 5.75 Å². The van der Waals surface area contributed by atoms with Gasteiger partial charge in [-0.15, -0.1) is 0 Å². The van der Waals surface area contributed by atoms with Crippen molar-refractivity contribution in [2.75, 3.05) is 6.61 Å². The number of carbonyl (C=O) groups is 2. The van der Waals surface area contributed by atoms with Crippen molar-refractivity contribution in [3.63, 3.8) is 0 Å². The summed E-state index contributed by atoms with van der Waals surface area (Å²) in [7, 11) is 0. The van der Waals surface area contributed by atoms with E-state index in [1.54, 1.807) is 18.2 Å². The maximum absolute atomic E-state index is 11.2. The van der Waals surface area contributed by atoms with E-state index in [1.165, 1.54) is 6.92 Å². The van der Waals surface area contributed by atoms with Crippen molar-refractivity contribution in [2.24, 2.45) is 0 Å². The quantitative estimate of drug-likeness (QED) is 0.608. The maximum Gasteiger partial charge on any atom is 0.203 e. The molecule has 1 aliphatic rings. The van der Waals surface area contributed by atoms with Crippen molar-refractivity contribution in [1.29, 1.82) is 0 Å². The number of ketones is 2. The number of hydrogen-bond acceptors (Lipinski definition) is 3. The predicted molar refractivity (Wildman–Crippen MR) is 46.3 cm³/mol. The van der Waals surface area contributed by atoms with Gasteiger partial charge < -0.3 is 4.74 Å². The molecule has 0 saturated heterocycles. The van der Waals surface area contributed by atoms with E-state index in [2.05, 4.69) is 0 Å². The predicted octanol–water partition coefficient (Wildman–Crippen LogP) is 1.46. The average Bonchev–Trinajstić information content (AvgIpc) is 2.47. The van der Waals surface area contributed by atoms with Crippen LogP contribution in [-0.4, -0.2) is 18.2 Å². The van der Waals surface area contributed by atoms with Gasteiger partial charge in [0, 0.05) is 5.56 Å². The highest BCUT2D eigenvalue weighted by Gasteiger charge is 2.21. The summed E-state index contributed by atoms with van der Waals surface area (Å²) in [5.41, 5.74) is 1.07. The Balaban J connectivity index is 2.54. The van der Waals surface area contributed by atoms with Gasteiger partial charge in [0.05, 0.1) is 5.56 Å². The Labute approximate surface area is 75.3 Å². The second kappa shape index (κ2) is 2.69. The van der Waals surface area contributed by atoms with Gasteiger partial charge in [0.25, 0.3) is 0 Å². The first-order valence-corrected chi connectivity index (χ1v) is 3.99. The second-order valence-corrected chi connectivity index (χ2v) is 2.98. The molecular weight excluding hydrogens is 168 g/mol. The monoisotopic (exact) mass is 176 g/mol. The Bertz CT molecular complexity index is 393. The fraction of sp³-hybridized carbons (Fsp3) is 0.200. The Hall–Kier alpha value is -1.64. The van der Waals surface area contributed by atoms with Gasteiger partial charge >= 0.3 is 0 Å². The fourth-order valence-corrected chi connectivity index (χ4v) is 1.31. The molecule has 0 amide bonds. The van der Waals surface area contributed by atoms with Gasteiger partial charge in [0.15, 0.2) is 12.4 Å². The van der Waals surface area contributed by atoms with Gasteiger partial charge in [0.2, 0.25) is 5.78 Å². The van der Waals surface area contributed by atoms with Crippen molar-refractivity contribution in [3.05, 3.63) is 29.3 Å². The molecule has 1 aromatic carbocycles. The smallest absolute Gasteiger partial charge is 0.203 e. The highest BCUT2D eigenvalue weighted by atomic mass is 16.5. The van der Waals surface area contributed by atoms with Crippen LogP contribution >= 0.6 is 0 Å². The van der Waals surface area contributed by atoms with Crippen LogP contribution in [0, 0.1) is 0 Å². The fourth-order valence-electron chi connectivity index (χ4n) is 1.31. The molecule has 2 rings (SSSR count). The number of Topliss-reactive ketones (excluding diaryl/α,β-unsaturated/α-hetero) is 2. The van der Waals surface area contributed by atoms with Crippen LogP contribution in [-0.2, 0) is 0 Å². The molecule has 1 heterocycles. The molecule has 0 spiro atoms. The highest BCUT2D eigenvalue weighted by Crippen LogP contribution is 2.25. The molecule has 1 aromatic rings. The third-order valence-corrected chi connectivity index (χ3v) is 2.05. The summed E-state index contributed by atoms with van der Waals surface area (Å²) >= 11 is 0. The zero-order valence-electron chi connectivity index (χ0n) is 7.16. The molecule has 66 valence electrons. The number of benzene rings is 1. The van der Waals surface area contributed by atoms with Crippen LogP contribution in [0.25, 0.3) is 0 Å². The van der Waals surface area contributed by atoms with E-state index in [-0.39, 0.29) is 18.2 Å². The number of fused-ring (bicyclic) bond motifs is 1. The first kappa shape index (κ1) is 7.98. The summed E-state index contributed by atoms with van der Waals surface area (Å²) in [6, 6.07) is 4.92. The molecule has 0 atom stereocenters. The minimum Gasteiger partial charge on any atom is -0.485 e. The summed E-state index contributed by atoms with van der Waals surface area (Å²) in [6.07, 6.45) is 0. The lowest BCUT2D eigenvalue weighted by atomic mass is 10.1. The average molecular weight is 176 g/mol. The summed E-state index contributed by atoms with van der Waals surface area (Å²) in [5, 5.41) is 0. The van der Waals surface area contributed by atoms with Crippen LogP contribution in [0.4, 0.5) is 0 Å². The molecule has 0 aromatic heterocycles. The van der Waals surface area contributed by atoms with Crippen molar-refractivity contribution in [1.82, 2.24) is 0 Å². The minimum atomic E-state index is -0.0573. The molecule has 1 aliphatic heterocycles. The van der Waals surface area contributed by atoms with E-state index >= 15 is 0 Å². The van der Waals surface area contributed by atoms with Crippen LogP contribution in [0.15, 0.2) is 18.2 Å². The zero-order chi connectivity index (χ0) is 9.42. The topological polar surface area (TPSA) is 43.4 Å². The molecule has 0 bridgehead atoms. The lowest BCUT2D eigenvalue weighted by Gasteiger charge is -1.98. The largest absolute Gasteiger partial charge is 0.485 e. The molecule has 13 heavy (non-hydrogen) atoms. The van der Waals surface area contributed by atoms with Gasteiger partial charge in [-0.2, -0.15) is 0 Å². The Morgan fingerprint density at radius 3 is 2.92 bits per heavy atom. The van der Waals surface area contributed by atoms with Crippen molar-refractivity contribution >= 4 is 11.6 Å². The van der Waals surface area contributed by atoms with Gasteiger partial charge in [-0.1, -0.05) is 0 Å². The lowest BCUT2D eigenvalue weighted by molar-refractivity contribution is 0.0961. The Kier molecular flexibility index (Phi) is 1.65. The van der Waals surface area contributed by atoms with E-state index in [0.29, 0.717) is 16.9 Å². The molecule has 0 unspecified atom stereocenters. The summed E-state index contributed by atoms with van der Waals surface area (Å²) < 4.78 is 5.08. The van der Waals surface area contributed by atoms with Crippen molar-refractivity contribution < 1.29 is 14.3 Å². The summed E-state index contributed by atoms with van der Waals surface area (Å²) in [5.74, 6) is 0.482. The molecular formula is C10H8O3. The van der Waals surface area contributed by atoms with E-state index < -0.39 is 0 Å². The third-order valence-electron chi connectivity index (χ3n) is 2.05. The lowest BCUT2D eigenvalue weighted by Crippen LogP contribution is -2.00. The second-order valence-electron chi connectivity index (χ2n) is 2.98. The Morgan fingerprint density at radius 2 is 2.23 bits per heavy atom. The normalized spacial score (nSPS) is 13.8. The van der Waals surface area contributed by atoms with Crippen molar-refractivity contribution in [3.8, 4) is 5.75 Å². The van der Waals surface area contributed by atoms with Gasteiger partial charge in [-0.05, 0) is 25.1 Å². The SMILES string of the molecule is CC(=O)c1ccc2c(c1)C(=O)CO2. The maximum atomic E-state index is 11.2. The third kappa shape index (κ3) is 1.22. The molecule has 3 heteroatoms. The van der Waals surface area contributed by atoms with Crippen LogP contribution < -0.4 is 4.74 Å². The van der Waals surface area contributed by atoms with Crippen LogP contribution in [0.3, 0.4) is 0 Å². The molecule has 3 nitrogen and oxygen atoms in total. The minimum absolute atomic E-state index is 0.0394. The first-order valence-electron chi connectivity index (χ1n) is 3.99.